The normalized spacial score (nSPS) is 11.0. The minimum Gasteiger partial charge on any atom is -1.00 e. The molecular weight excluding hydrogens is 341 g/mol. The van der Waals surface area contributed by atoms with Crippen LogP contribution in [-0.2, 0) is 11.2 Å². The number of carboxylic acids is 1. The van der Waals surface area contributed by atoms with Crippen LogP contribution in [0.2, 0.25) is 0 Å². The zero-order chi connectivity index (χ0) is 17.8. The Morgan fingerprint density at radius 3 is 2.27 bits per heavy atom. The summed E-state index contributed by atoms with van der Waals surface area (Å²) in [6.45, 7) is 1.70. The maximum absolute atomic E-state index is 12.6. The van der Waals surface area contributed by atoms with E-state index in [1.165, 1.54) is 4.68 Å². The predicted molar refractivity (Wildman–Crippen MR) is 97.1 cm³/mol. The molecule has 0 aliphatic heterocycles. The zero-order valence-electron chi connectivity index (χ0n) is 15.6. The van der Waals surface area contributed by atoms with Crippen LogP contribution in [0.15, 0.2) is 70.5 Å². The van der Waals surface area contributed by atoms with E-state index in [9.17, 15) is 14.7 Å². The second-order valence-corrected chi connectivity index (χ2v) is 5.59. The molecule has 6 nitrogen and oxygen atoms in total. The van der Waals surface area contributed by atoms with Crippen LogP contribution in [0.3, 0.4) is 0 Å². The molecule has 7 heteroatoms. The number of aromatic amines is 1. The maximum Gasteiger partial charge on any atom is 1.00 e. The summed E-state index contributed by atoms with van der Waals surface area (Å²) in [4.78, 5) is 28.3. The number of H-pyrrole nitrogens is 1. The van der Waals surface area contributed by atoms with Crippen molar-refractivity contribution < 1.29 is 40.9 Å². The topological polar surface area (TPSA) is 87.5 Å². The fraction of sp³-hybridized carbons (Fsp3) is 0.105. The van der Waals surface area contributed by atoms with Crippen LogP contribution in [0.5, 0.6) is 0 Å². The average molecular weight is 359 g/mol. The van der Waals surface area contributed by atoms with Crippen LogP contribution in [0.1, 0.15) is 12.7 Å². The summed E-state index contributed by atoms with van der Waals surface area (Å²) in [5.74, 6) is -1.14. The Morgan fingerprint density at radius 2 is 1.69 bits per heavy atom. The molecule has 0 spiro atoms. The third-order valence-corrected chi connectivity index (χ3v) is 3.76. The second kappa shape index (κ2) is 8.80. The van der Waals surface area contributed by atoms with Gasteiger partial charge in [0.2, 0.25) is 0 Å². The zero-order valence-corrected chi connectivity index (χ0v) is 16.6. The number of aliphatic imine (C=N–C) groups is 1. The number of hydrogen-bond donors (Lipinski definition) is 2. The Bertz CT molecular complexity index is 982. The standard InChI is InChI=1S/C19H17N3O3.Na.H/c1-13-17(18(23)22(21-13)15-10-6-3-7-11-15)20-16(19(24)25)12-14-8-4-2-5-9-14;;/h2-11,21H,12H2,1H3,(H,24,25);;/q;+1;-1. The van der Waals surface area contributed by atoms with Gasteiger partial charge in [-0.25, -0.2) is 14.5 Å². The first-order chi connectivity index (χ1) is 12.1. The first-order valence-electron chi connectivity index (χ1n) is 7.78. The van der Waals surface area contributed by atoms with E-state index >= 15 is 0 Å². The van der Waals surface area contributed by atoms with E-state index < -0.39 is 5.97 Å². The van der Waals surface area contributed by atoms with E-state index in [1.54, 1.807) is 19.1 Å². The van der Waals surface area contributed by atoms with Gasteiger partial charge in [0.1, 0.15) is 5.71 Å². The number of aliphatic carboxylic acids is 1. The monoisotopic (exact) mass is 359 g/mol. The van der Waals surface area contributed by atoms with E-state index in [0.29, 0.717) is 11.4 Å². The van der Waals surface area contributed by atoms with Crippen LogP contribution in [-0.4, -0.2) is 26.6 Å². The van der Waals surface area contributed by atoms with E-state index in [0.717, 1.165) is 5.56 Å². The molecule has 0 radical (unpaired) electrons. The molecule has 2 aromatic carbocycles. The van der Waals surface area contributed by atoms with Crippen molar-refractivity contribution in [1.29, 1.82) is 0 Å². The third-order valence-electron chi connectivity index (χ3n) is 3.76. The van der Waals surface area contributed by atoms with Crippen molar-refractivity contribution in [3.8, 4) is 5.69 Å². The Hall–Kier alpha value is -2.41. The molecule has 0 aliphatic rings. The van der Waals surface area contributed by atoms with E-state index in [-0.39, 0.29) is 54.4 Å². The van der Waals surface area contributed by atoms with Crippen molar-refractivity contribution in [2.45, 2.75) is 13.3 Å². The van der Waals surface area contributed by atoms with Crippen molar-refractivity contribution in [2.24, 2.45) is 4.99 Å². The van der Waals surface area contributed by atoms with Gasteiger partial charge in [-0.2, -0.15) is 0 Å². The molecule has 3 rings (SSSR count). The van der Waals surface area contributed by atoms with Gasteiger partial charge in [-0.1, -0.05) is 48.5 Å². The SMILES string of the molecule is Cc1[nH]n(-c2ccccc2)c(=O)c1N=C(Cc1ccccc1)C(=O)O.[H-].[Na+]. The van der Waals surface area contributed by atoms with E-state index in [1.807, 2.05) is 48.5 Å². The van der Waals surface area contributed by atoms with Gasteiger partial charge in [0, 0.05) is 6.42 Å². The molecule has 0 atom stereocenters. The van der Waals surface area contributed by atoms with Gasteiger partial charge in [0.05, 0.1) is 11.4 Å². The van der Waals surface area contributed by atoms with Gasteiger partial charge in [-0.15, -0.1) is 0 Å². The van der Waals surface area contributed by atoms with Gasteiger partial charge >= 0.3 is 35.5 Å². The summed E-state index contributed by atoms with van der Waals surface area (Å²) in [5.41, 5.74) is 1.65. The Kier molecular flexibility index (Phi) is 6.74. The molecule has 26 heavy (non-hydrogen) atoms. The first-order valence-corrected chi connectivity index (χ1v) is 7.78. The van der Waals surface area contributed by atoms with Gasteiger partial charge < -0.3 is 6.53 Å². The molecule has 0 bridgehead atoms. The molecule has 0 saturated carbocycles. The van der Waals surface area contributed by atoms with Gasteiger partial charge in [-0.05, 0) is 24.6 Å². The van der Waals surface area contributed by atoms with Gasteiger partial charge in [0.25, 0.3) is 5.56 Å². The summed E-state index contributed by atoms with van der Waals surface area (Å²) >= 11 is 0. The number of carbonyl (C=O) groups is 1. The fourth-order valence-corrected chi connectivity index (χ4v) is 2.52. The van der Waals surface area contributed by atoms with Crippen LogP contribution >= 0.6 is 0 Å². The number of para-hydroxylation sites is 1. The molecular formula is C19H18N3NaO3. The number of carboxylic acid groups (broad SMARTS) is 1. The molecule has 3 aromatic rings. The number of benzene rings is 2. The van der Waals surface area contributed by atoms with Crippen molar-refractivity contribution >= 4 is 17.4 Å². The molecule has 0 aliphatic carbocycles. The molecule has 128 valence electrons. The van der Waals surface area contributed by atoms with Gasteiger partial charge in [-0.3, -0.25) is 9.89 Å². The van der Waals surface area contributed by atoms with Crippen molar-refractivity contribution in [3.63, 3.8) is 0 Å². The Balaban J connectivity index is 0.00000182. The summed E-state index contributed by atoms with van der Waals surface area (Å²) in [6, 6.07) is 18.2. The fourth-order valence-electron chi connectivity index (χ4n) is 2.52. The molecule has 0 amide bonds. The summed E-state index contributed by atoms with van der Waals surface area (Å²) in [6.07, 6.45) is 0.144. The molecule has 0 saturated heterocycles. The van der Waals surface area contributed by atoms with Crippen LogP contribution in [0.25, 0.3) is 5.69 Å². The number of rotatable bonds is 5. The number of nitrogens with one attached hydrogen (secondary N) is 1. The minimum absolute atomic E-state index is 0. The number of nitrogens with zero attached hydrogens (tertiary/aromatic N) is 2. The van der Waals surface area contributed by atoms with Crippen molar-refractivity contribution in [1.82, 2.24) is 9.78 Å². The Morgan fingerprint density at radius 1 is 1.12 bits per heavy atom. The summed E-state index contributed by atoms with van der Waals surface area (Å²) < 4.78 is 1.36. The Labute approximate surface area is 174 Å². The minimum atomic E-state index is -1.14. The van der Waals surface area contributed by atoms with Crippen LogP contribution in [0.4, 0.5) is 5.69 Å². The smallest absolute Gasteiger partial charge is 1.00 e. The van der Waals surface area contributed by atoms with E-state index in [4.69, 9.17) is 0 Å². The quantitative estimate of drug-likeness (QED) is 0.496. The van der Waals surface area contributed by atoms with Gasteiger partial charge in [0.15, 0.2) is 5.69 Å². The largest absolute Gasteiger partial charge is 1.00 e. The molecule has 2 N–H and O–H groups in total. The van der Waals surface area contributed by atoms with E-state index in [2.05, 4.69) is 10.1 Å². The molecule has 0 unspecified atom stereocenters. The molecule has 1 aromatic heterocycles. The second-order valence-electron chi connectivity index (χ2n) is 5.59. The number of aryl methyl sites for hydroxylation is 1. The summed E-state index contributed by atoms with van der Waals surface area (Å²) in [7, 11) is 0. The number of aromatic nitrogens is 2. The maximum atomic E-state index is 12.6. The van der Waals surface area contributed by atoms with Crippen LogP contribution < -0.4 is 35.1 Å². The van der Waals surface area contributed by atoms with Crippen molar-refractivity contribution in [2.75, 3.05) is 0 Å². The predicted octanol–water partition coefficient (Wildman–Crippen LogP) is -0.00968. The molecule has 1 heterocycles. The third kappa shape index (κ3) is 4.40. The summed E-state index contributed by atoms with van der Waals surface area (Å²) in [5, 5.41) is 12.4. The number of hydrogen-bond acceptors (Lipinski definition) is 3. The first kappa shape index (κ1) is 19.9. The van der Waals surface area contributed by atoms with Crippen molar-refractivity contribution in [3.05, 3.63) is 82.3 Å². The molecule has 0 fully saturated rings. The average Bonchev–Trinajstić information content (AvgIpc) is 2.91. The van der Waals surface area contributed by atoms with Crippen LogP contribution in [0, 0.1) is 6.92 Å².